The van der Waals surface area contributed by atoms with Crippen molar-refractivity contribution in [3.63, 3.8) is 0 Å². The highest BCUT2D eigenvalue weighted by atomic mass is 35.5. The zero-order valence-electron chi connectivity index (χ0n) is 16.9. The van der Waals surface area contributed by atoms with Crippen molar-refractivity contribution in [2.75, 3.05) is 11.5 Å². The van der Waals surface area contributed by atoms with E-state index in [1.165, 1.54) is 4.90 Å². The van der Waals surface area contributed by atoms with Crippen molar-refractivity contribution in [1.82, 2.24) is 5.32 Å². The molecule has 1 aromatic heterocycles. The van der Waals surface area contributed by atoms with Crippen molar-refractivity contribution in [2.24, 2.45) is 0 Å². The highest BCUT2D eigenvalue weighted by molar-refractivity contribution is 7.80. The summed E-state index contributed by atoms with van der Waals surface area (Å²) in [5.74, 6) is 1.94. The van der Waals surface area contributed by atoms with Crippen LogP contribution >= 0.6 is 35.4 Å². The molecule has 164 valence electrons. The number of benzene rings is 2. The number of carbonyl (C=O) groups is 1. The summed E-state index contributed by atoms with van der Waals surface area (Å²) < 4.78 is 16.9. The minimum absolute atomic E-state index is 0.154. The molecule has 1 aliphatic rings. The predicted octanol–water partition coefficient (Wildman–Crippen LogP) is 5.83. The highest BCUT2D eigenvalue weighted by Crippen LogP contribution is 2.32. The molecule has 0 bridgehead atoms. The summed E-state index contributed by atoms with van der Waals surface area (Å²) in [6, 6.07) is 15.8. The number of rotatable bonds is 7. The van der Waals surface area contributed by atoms with Crippen molar-refractivity contribution in [1.29, 1.82) is 0 Å². The maximum Gasteiger partial charge on any atom is 0.281 e. The average molecular weight is 489 g/mol. The second-order valence-electron chi connectivity index (χ2n) is 6.70. The van der Waals surface area contributed by atoms with Gasteiger partial charge in [-0.15, -0.1) is 0 Å². The Morgan fingerprint density at radius 3 is 2.62 bits per heavy atom. The number of ether oxygens (including phenoxy) is 2. The summed E-state index contributed by atoms with van der Waals surface area (Å²) in [7, 11) is 0. The Bertz CT molecular complexity index is 1190. The van der Waals surface area contributed by atoms with E-state index in [2.05, 4.69) is 5.32 Å². The maximum atomic E-state index is 12.9. The van der Waals surface area contributed by atoms with Gasteiger partial charge in [-0.05, 0) is 67.7 Å². The van der Waals surface area contributed by atoms with Gasteiger partial charge in [0.1, 0.15) is 40.3 Å². The molecule has 0 spiro atoms. The number of nitrogens with zero attached hydrogens (tertiary/aromatic N) is 1. The molecule has 9 heteroatoms. The Morgan fingerprint density at radius 1 is 1.09 bits per heavy atom. The maximum absolute atomic E-state index is 12.9. The number of carbonyl (C=O) groups excluding carboxylic acids is 1. The fourth-order valence-electron chi connectivity index (χ4n) is 3.06. The van der Waals surface area contributed by atoms with Crippen LogP contribution in [0.3, 0.4) is 0 Å². The first-order chi connectivity index (χ1) is 15.5. The predicted molar refractivity (Wildman–Crippen MR) is 128 cm³/mol. The van der Waals surface area contributed by atoms with E-state index in [1.807, 2.05) is 6.92 Å². The first-order valence-electron chi connectivity index (χ1n) is 9.71. The van der Waals surface area contributed by atoms with E-state index in [4.69, 9.17) is 49.3 Å². The van der Waals surface area contributed by atoms with Gasteiger partial charge in [0.25, 0.3) is 5.91 Å². The standard InChI is InChI=1S/C23H18Cl2N2O4S/c1-2-29-15-8-6-14(7-9-15)27-22(28)19(26-23(27)32)12-16-10-11-17(31-16)13-30-20-5-3-4-18(24)21(20)25/h3-12H,2,13H2,1H3,(H,26,32)/b19-12+. The summed E-state index contributed by atoms with van der Waals surface area (Å²) in [6.45, 7) is 2.63. The first-order valence-corrected chi connectivity index (χ1v) is 10.9. The van der Waals surface area contributed by atoms with Gasteiger partial charge in [-0.3, -0.25) is 9.69 Å². The second-order valence-corrected chi connectivity index (χ2v) is 7.87. The molecule has 1 saturated heterocycles. The fraction of sp³-hybridized carbons (Fsp3) is 0.130. The van der Waals surface area contributed by atoms with E-state index < -0.39 is 0 Å². The summed E-state index contributed by atoms with van der Waals surface area (Å²) in [5.41, 5.74) is 0.954. The van der Waals surface area contributed by atoms with E-state index in [9.17, 15) is 4.79 Å². The van der Waals surface area contributed by atoms with E-state index in [0.717, 1.165) is 5.75 Å². The Balaban J connectivity index is 1.45. The fourth-order valence-corrected chi connectivity index (χ4v) is 3.71. The Labute approximate surface area is 200 Å². The lowest BCUT2D eigenvalue weighted by molar-refractivity contribution is -0.113. The molecule has 1 N–H and O–H groups in total. The van der Waals surface area contributed by atoms with Crippen LogP contribution in [-0.4, -0.2) is 17.6 Å². The van der Waals surface area contributed by atoms with Crippen molar-refractivity contribution in [3.05, 3.63) is 81.9 Å². The molecule has 0 radical (unpaired) electrons. The smallest absolute Gasteiger partial charge is 0.281 e. The van der Waals surface area contributed by atoms with Gasteiger partial charge in [0.05, 0.1) is 17.3 Å². The van der Waals surface area contributed by atoms with Crippen molar-refractivity contribution in [2.45, 2.75) is 13.5 Å². The van der Waals surface area contributed by atoms with Gasteiger partial charge in [-0.1, -0.05) is 29.3 Å². The Morgan fingerprint density at radius 2 is 1.88 bits per heavy atom. The van der Waals surface area contributed by atoms with Crippen molar-refractivity contribution in [3.8, 4) is 11.5 Å². The number of halogens is 2. The third kappa shape index (κ3) is 4.75. The summed E-state index contributed by atoms with van der Waals surface area (Å²) in [4.78, 5) is 14.3. The Hall–Kier alpha value is -3.00. The number of anilines is 1. The Kier molecular flexibility index (Phi) is 6.69. The number of amides is 1. The largest absolute Gasteiger partial charge is 0.494 e. The van der Waals surface area contributed by atoms with E-state index in [1.54, 1.807) is 60.7 Å². The van der Waals surface area contributed by atoms with Crippen LogP contribution in [-0.2, 0) is 11.4 Å². The van der Waals surface area contributed by atoms with Gasteiger partial charge in [0.2, 0.25) is 0 Å². The second kappa shape index (κ2) is 9.65. The van der Waals surface area contributed by atoms with Crippen LogP contribution in [0.15, 0.2) is 64.7 Å². The molecule has 3 aromatic rings. The van der Waals surface area contributed by atoms with Crippen molar-refractivity contribution >= 4 is 58.2 Å². The molecular formula is C23H18Cl2N2O4S. The lowest BCUT2D eigenvalue weighted by Crippen LogP contribution is -2.30. The van der Waals surface area contributed by atoms with Gasteiger partial charge in [0.15, 0.2) is 5.11 Å². The molecule has 0 atom stereocenters. The topological polar surface area (TPSA) is 63.9 Å². The molecule has 2 aromatic carbocycles. The minimum atomic E-state index is -0.279. The number of furan rings is 1. The molecule has 1 aliphatic heterocycles. The van der Waals surface area contributed by atoms with Crippen LogP contribution in [0.1, 0.15) is 18.4 Å². The van der Waals surface area contributed by atoms with Gasteiger partial charge < -0.3 is 19.2 Å². The molecule has 1 amide bonds. The highest BCUT2D eigenvalue weighted by Gasteiger charge is 2.32. The number of nitrogens with one attached hydrogen (secondary N) is 1. The van der Waals surface area contributed by atoms with Gasteiger partial charge in [-0.2, -0.15) is 0 Å². The van der Waals surface area contributed by atoms with Crippen LogP contribution in [0.4, 0.5) is 5.69 Å². The van der Waals surface area contributed by atoms with Gasteiger partial charge in [0, 0.05) is 6.08 Å². The van der Waals surface area contributed by atoms with Crippen LogP contribution < -0.4 is 19.7 Å². The SMILES string of the molecule is CCOc1ccc(N2C(=O)/C(=C\c3ccc(COc4cccc(Cl)c4Cl)o3)NC2=S)cc1. The summed E-state index contributed by atoms with van der Waals surface area (Å²) in [6.07, 6.45) is 1.60. The van der Waals surface area contributed by atoms with Crippen molar-refractivity contribution < 1.29 is 18.7 Å². The molecule has 1 fully saturated rings. The summed E-state index contributed by atoms with van der Waals surface area (Å²) in [5, 5.41) is 3.97. The van der Waals surface area contributed by atoms with E-state index in [0.29, 0.717) is 45.3 Å². The zero-order valence-corrected chi connectivity index (χ0v) is 19.3. The molecule has 0 unspecified atom stereocenters. The van der Waals surface area contributed by atoms with Crippen LogP contribution in [0.2, 0.25) is 10.0 Å². The number of hydrogen-bond acceptors (Lipinski definition) is 5. The monoisotopic (exact) mass is 488 g/mol. The van der Waals surface area contributed by atoms with Crippen LogP contribution in [0.5, 0.6) is 11.5 Å². The van der Waals surface area contributed by atoms with Gasteiger partial charge in [-0.25, -0.2) is 0 Å². The minimum Gasteiger partial charge on any atom is -0.494 e. The molecule has 4 rings (SSSR count). The van der Waals surface area contributed by atoms with Crippen LogP contribution in [0, 0.1) is 0 Å². The third-order valence-corrected chi connectivity index (χ3v) is 5.63. The molecule has 6 nitrogen and oxygen atoms in total. The molecule has 0 aliphatic carbocycles. The molecule has 32 heavy (non-hydrogen) atoms. The van der Waals surface area contributed by atoms with E-state index >= 15 is 0 Å². The van der Waals surface area contributed by atoms with E-state index in [-0.39, 0.29) is 17.6 Å². The quantitative estimate of drug-likeness (QED) is 0.333. The van der Waals surface area contributed by atoms with Gasteiger partial charge >= 0.3 is 0 Å². The number of thiocarbonyl (C=S) groups is 1. The average Bonchev–Trinajstić information content (AvgIpc) is 3.34. The molecule has 2 heterocycles. The zero-order chi connectivity index (χ0) is 22.7. The number of hydrogen-bond donors (Lipinski definition) is 1. The first kappa shape index (κ1) is 22.2. The van der Waals surface area contributed by atoms with Crippen LogP contribution in [0.25, 0.3) is 6.08 Å². The lowest BCUT2D eigenvalue weighted by Gasteiger charge is -2.14. The normalized spacial score (nSPS) is 14.7. The third-order valence-electron chi connectivity index (χ3n) is 4.54. The molecule has 0 saturated carbocycles. The lowest BCUT2D eigenvalue weighted by atomic mass is 10.2. The molecular weight excluding hydrogens is 471 g/mol. The summed E-state index contributed by atoms with van der Waals surface area (Å²) >= 11 is 17.5.